The monoisotopic (exact) mass is 421 g/mol. The number of furan rings is 1. The Labute approximate surface area is 150 Å². The Morgan fingerprint density at radius 3 is 2.86 bits per heavy atom. The van der Waals surface area contributed by atoms with Crippen LogP contribution >= 0.6 is 24.0 Å². The first-order valence-electron chi connectivity index (χ1n) is 7.94. The summed E-state index contributed by atoms with van der Waals surface area (Å²) in [4.78, 5) is 4.57. The van der Waals surface area contributed by atoms with Crippen molar-refractivity contribution < 1.29 is 9.15 Å². The van der Waals surface area contributed by atoms with E-state index in [2.05, 4.69) is 15.6 Å². The molecule has 1 aromatic heterocycles. The van der Waals surface area contributed by atoms with E-state index in [0.717, 1.165) is 24.7 Å². The highest BCUT2D eigenvalue weighted by molar-refractivity contribution is 14.0. The molecule has 0 radical (unpaired) electrons. The molecule has 1 heterocycles. The van der Waals surface area contributed by atoms with Crippen LogP contribution in [-0.4, -0.2) is 38.8 Å². The van der Waals surface area contributed by atoms with Crippen LogP contribution in [0.5, 0.6) is 0 Å². The SMILES string of the molecule is COCCN=C(NCCc1ccco1)NC1CCCCC1.I. The lowest BCUT2D eigenvalue weighted by atomic mass is 9.96. The molecule has 1 aliphatic rings. The number of ether oxygens (including phenoxy) is 1. The summed E-state index contributed by atoms with van der Waals surface area (Å²) in [6.45, 7) is 2.15. The van der Waals surface area contributed by atoms with E-state index in [0.29, 0.717) is 19.2 Å². The lowest BCUT2D eigenvalue weighted by molar-refractivity contribution is 0.207. The topological polar surface area (TPSA) is 58.8 Å². The van der Waals surface area contributed by atoms with Gasteiger partial charge in [-0.2, -0.15) is 0 Å². The molecule has 0 saturated heterocycles. The number of rotatable bonds is 7. The van der Waals surface area contributed by atoms with Gasteiger partial charge in [0, 0.05) is 26.1 Å². The van der Waals surface area contributed by atoms with Crippen LogP contribution < -0.4 is 10.6 Å². The third-order valence-electron chi connectivity index (χ3n) is 3.76. The lowest BCUT2D eigenvalue weighted by Gasteiger charge is -2.25. The van der Waals surface area contributed by atoms with Crippen LogP contribution in [0.15, 0.2) is 27.8 Å². The number of halogens is 1. The van der Waals surface area contributed by atoms with Crippen molar-refractivity contribution in [2.24, 2.45) is 4.99 Å². The quantitative estimate of drug-likeness (QED) is 0.308. The number of nitrogens with one attached hydrogen (secondary N) is 2. The minimum atomic E-state index is 0. The smallest absolute Gasteiger partial charge is 0.191 e. The highest BCUT2D eigenvalue weighted by Crippen LogP contribution is 2.17. The summed E-state index contributed by atoms with van der Waals surface area (Å²) in [7, 11) is 1.70. The molecule has 1 aromatic rings. The van der Waals surface area contributed by atoms with Crippen LogP contribution in [-0.2, 0) is 11.2 Å². The van der Waals surface area contributed by atoms with Crippen molar-refractivity contribution in [1.82, 2.24) is 10.6 Å². The summed E-state index contributed by atoms with van der Waals surface area (Å²) in [6.07, 6.45) is 9.04. The standard InChI is InChI=1S/C16H27N3O2.HI/c1-20-13-11-18-16(19-14-6-3-2-4-7-14)17-10-9-15-8-5-12-21-15;/h5,8,12,14H,2-4,6-7,9-11,13H2,1H3,(H2,17,18,19);1H. The minimum absolute atomic E-state index is 0. The van der Waals surface area contributed by atoms with Crippen LogP contribution in [0.1, 0.15) is 37.9 Å². The average Bonchev–Trinajstić information content (AvgIpc) is 3.02. The van der Waals surface area contributed by atoms with Crippen LogP contribution in [0.3, 0.4) is 0 Å². The Balaban J connectivity index is 0.00000242. The molecule has 22 heavy (non-hydrogen) atoms. The summed E-state index contributed by atoms with van der Waals surface area (Å²) in [5.74, 6) is 1.89. The van der Waals surface area contributed by atoms with E-state index in [9.17, 15) is 0 Å². The predicted molar refractivity (Wildman–Crippen MR) is 100 cm³/mol. The highest BCUT2D eigenvalue weighted by Gasteiger charge is 2.14. The van der Waals surface area contributed by atoms with Crippen molar-refractivity contribution in [3.63, 3.8) is 0 Å². The molecule has 0 spiro atoms. The van der Waals surface area contributed by atoms with Gasteiger partial charge in [-0.05, 0) is 25.0 Å². The van der Waals surface area contributed by atoms with Gasteiger partial charge in [0.05, 0.1) is 19.4 Å². The minimum Gasteiger partial charge on any atom is -0.469 e. The maximum absolute atomic E-state index is 5.34. The van der Waals surface area contributed by atoms with Crippen molar-refractivity contribution in [2.75, 3.05) is 26.8 Å². The highest BCUT2D eigenvalue weighted by atomic mass is 127. The van der Waals surface area contributed by atoms with Crippen LogP contribution in [0.25, 0.3) is 0 Å². The number of hydrogen-bond donors (Lipinski definition) is 2. The molecule has 1 saturated carbocycles. The van der Waals surface area contributed by atoms with E-state index in [1.54, 1.807) is 13.4 Å². The lowest BCUT2D eigenvalue weighted by Crippen LogP contribution is -2.45. The maximum Gasteiger partial charge on any atom is 0.191 e. The van der Waals surface area contributed by atoms with Crippen molar-refractivity contribution in [2.45, 2.75) is 44.6 Å². The molecule has 0 aliphatic heterocycles. The summed E-state index contributed by atoms with van der Waals surface area (Å²) in [5, 5.41) is 6.94. The zero-order valence-electron chi connectivity index (χ0n) is 13.3. The van der Waals surface area contributed by atoms with Crippen molar-refractivity contribution in [3.05, 3.63) is 24.2 Å². The van der Waals surface area contributed by atoms with Gasteiger partial charge >= 0.3 is 0 Å². The number of nitrogens with zero attached hydrogens (tertiary/aromatic N) is 1. The van der Waals surface area contributed by atoms with Crippen LogP contribution in [0, 0.1) is 0 Å². The Morgan fingerprint density at radius 2 is 2.18 bits per heavy atom. The van der Waals surface area contributed by atoms with Gasteiger partial charge in [-0.25, -0.2) is 0 Å². The van der Waals surface area contributed by atoms with Gasteiger partial charge in [0.1, 0.15) is 5.76 Å². The zero-order valence-corrected chi connectivity index (χ0v) is 15.7. The van der Waals surface area contributed by atoms with Gasteiger partial charge in [-0.1, -0.05) is 19.3 Å². The van der Waals surface area contributed by atoms with E-state index in [1.165, 1.54) is 32.1 Å². The average molecular weight is 421 g/mol. The Kier molecular flexibility index (Phi) is 10.3. The van der Waals surface area contributed by atoms with Gasteiger partial charge < -0.3 is 19.8 Å². The molecule has 2 rings (SSSR count). The number of hydrogen-bond acceptors (Lipinski definition) is 3. The van der Waals surface area contributed by atoms with E-state index in [-0.39, 0.29) is 24.0 Å². The first-order valence-corrected chi connectivity index (χ1v) is 7.94. The molecular formula is C16H28IN3O2. The van der Waals surface area contributed by atoms with Crippen molar-refractivity contribution in [3.8, 4) is 0 Å². The molecule has 126 valence electrons. The Morgan fingerprint density at radius 1 is 1.36 bits per heavy atom. The largest absolute Gasteiger partial charge is 0.469 e. The molecule has 0 amide bonds. The normalized spacial score (nSPS) is 16.1. The summed E-state index contributed by atoms with van der Waals surface area (Å²) >= 11 is 0. The second kappa shape index (κ2) is 11.8. The van der Waals surface area contributed by atoms with Crippen LogP contribution in [0.2, 0.25) is 0 Å². The van der Waals surface area contributed by atoms with E-state index in [4.69, 9.17) is 9.15 Å². The maximum atomic E-state index is 5.34. The van der Waals surface area contributed by atoms with Crippen molar-refractivity contribution in [1.29, 1.82) is 0 Å². The molecule has 6 heteroatoms. The fourth-order valence-electron chi connectivity index (χ4n) is 2.60. The molecule has 1 fully saturated rings. The molecule has 5 nitrogen and oxygen atoms in total. The molecular weight excluding hydrogens is 393 g/mol. The summed E-state index contributed by atoms with van der Waals surface area (Å²) in [6, 6.07) is 4.47. The molecule has 1 aliphatic carbocycles. The second-order valence-corrected chi connectivity index (χ2v) is 5.46. The summed E-state index contributed by atoms with van der Waals surface area (Å²) in [5.41, 5.74) is 0. The summed E-state index contributed by atoms with van der Waals surface area (Å²) < 4.78 is 10.4. The van der Waals surface area contributed by atoms with Gasteiger partial charge in [0.2, 0.25) is 0 Å². The third-order valence-corrected chi connectivity index (χ3v) is 3.76. The van der Waals surface area contributed by atoms with Gasteiger partial charge in [0.25, 0.3) is 0 Å². The van der Waals surface area contributed by atoms with Gasteiger partial charge in [-0.15, -0.1) is 24.0 Å². The van der Waals surface area contributed by atoms with Crippen LogP contribution in [0.4, 0.5) is 0 Å². The van der Waals surface area contributed by atoms with Gasteiger partial charge in [0.15, 0.2) is 5.96 Å². The molecule has 0 unspecified atom stereocenters. The zero-order chi connectivity index (χ0) is 14.8. The second-order valence-electron chi connectivity index (χ2n) is 5.46. The number of guanidine groups is 1. The molecule has 0 aromatic carbocycles. The first kappa shape index (κ1) is 19.3. The van der Waals surface area contributed by atoms with Gasteiger partial charge in [-0.3, -0.25) is 4.99 Å². The third kappa shape index (κ3) is 7.49. The van der Waals surface area contributed by atoms with Crippen molar-refractivity contribution >= 4 is 29.9 Å². The van der Waals surface area contributed by atoms with E-state index >= 15 is 0 Å². The molecule has 0 atom stereocenters. The Hall–Kier alpha value is -0.760. The molecule has 0 bridgehead atoms. The Bertz CT molecular complexity index is 404. The number of methoxy groups -OCH3 is 1. The predicted octanol–water partition coefficient (Wildman–Crippen LogP) is 2.95. The van der Waals surface area contributed by atoms with E-state index in [1.807, 2.05) is 12.1 Å². The fourth-order valence-corrected chi connectivity index (χ4v) is 2.60. The first-order chi connectivity index (χ1) is 10.4. The van der Waals surface area contributed by atoms with E-state index < -0.39 is 0 Å². The molecule has 2 N–H and O–H groups in total. The fraction of sp³-hybridized carbons (Fsp3) is 0.688. The number of aliphatic imine (C=N–C) groups is 1.